The third kappa shape index (κ3) is 2.49. The van der Waals surface area contributed by atoms with Crippen molar-refractivity contribution in [3.05, 3.63) is 0 Å². The summed E-state index contributed by atoms with van der Waals surface area (Å²) in [4.78, 5) is 11.6. The molecule has 0 bridgehead atoms. The molecule has 1 saturated carbocycles. The normalized spacial score (nSPS) is 33.5. The lowest BCUT2D eigenvalue weighted by atomic mass is 9.80. The van der Waals surface area contributed by atoms with Crippen LogP contribution in [0.1, 0.15) is 39.0 Å². The third-order valence-corrected chi connectivity index (χ3v) is 3.40. The lowest BCUT2D eigenvalue weighted by molar-refractivity contribution is -0.134. The van der Waals surface area contributed by atoms with Crippen LogP contribution >= 0.6 is 0 Å². The Bertz CT molecular complexity index is 250. The summed E-state index contributed by atoms with van der Waals surface area (Å²) in [6, 6.07) is 0. The van der Waals surface area contributed by atoms with Gasteiger partial charge in [0.05, 0.1) is 11.7 Å². The predicted molar refractivity (Wildman–Crippen MR) is 55.4 cm³/mol. The average molecular weight is 213 g/mol. The lowest BCUT2D eigenvalue weighted by Gasteiger charge is -2.36. The second kappa shape index (κ2) is 4.10. The van der Waals surface area contributed by atoms with Crippen LogP contribution in [0.5, 0.6) is 0 Å². The van der Waals surface area contributed by atoms with Crippen molar-refractivity contribution in [3.63, 3.8) is 0 Å². The van der Waals surface area contributed by atoms with Gasteiger partial charge in [-0.15, -0.1) is 0 Å². The molecule has 2 aliphatic rings. The van der Waals surface area contributed by atoms with Crippen molar-refractivity contribution in [2.75, 3.05) is 6.54 Å². The molecule has 1 saturated heterocycles. The van der Waals surface area contributed by atoms with Crippen LogP contribution < -0.4 is 5.32 Å². The summed E-state index contributed by atoms with van der Waals surface area (Å²) < 4.78 is 5.45. The van der Waals surface area contributed by atoms with Crippen LogP contribution in [0, 0.1) is 0 Å². The molecule has 2 atom stereocenters. The second-order valence-electron chi connectivity index (χ2n) is 4.81. The van der Waals surface area contributed by atoms with Crippen LogP contribution in [0.2, 0.25) is 0 Å². The molecule has 0 aromatic carbocycles. The largest absolute Gasteiger partial charge is 0.388 e. The van der Waals surface area contributed by atoms with Crippen LogP contribution in [-0.4, -0.2) is 35.4 Å². The second-order valence-corrected chi connectivity index (χ2v) is 4.81. The average Bonchev–Trinajstić information content (AvgIpc) is 2.58. The molecule has 4 nitrogen and oxygen atoms in total. The molecule has 1 heterocycles. The van der Waals surface area contributed by atoms with E-state index in [1.807, 2.05) is 6.92 Å². The van der Waals surface area contributed by atoms with Gasteiger partial charge in [-0.05, 0) is 39.0 Å². The maximum atomic E-state index is 11.6. The molecule has 2 unspecified atom stereocenters. The molecule has 0 spiro atoms. The number of aliphatic hydroxyl groups is 1. The molecule has 1 aliphatic carbocycles. The molecule has 2 N–H and O–H groups in total. The molecule has 1 amide bonds. The fraction of sp³-hybridized carbons (Fsp3) is 0.909. The van der Waals surface area contributed by atoms with Gasteiger partial charge < -0.3 is 15.2 Å². The van der Waals surface area contributed by atoms with Gasteiger partial charge in [-0.25, -0.2) is 0 Å². The van der Waals surface area contributed by atoms with Crippen molar-refractivity contribution in [3.8, 4) is 0 Å². The van der Waals surface area contributed by atoms with E-state index >= 15 is 0 Å². The van der Waals surface area contributed by atoms with Gasteiger partial charge in [-0.1, -0.05) is 0 Å². The van der Waals surface area contributed by atoms with Crippen LogP contribution in [0.3, 0.4) is 0 Å². The first-order valence-corrected chi connectivity index (χ1v) is 5.75. The Kier molecular flexibility index (Phi) is 2.98. The fourth-order valence-electron chi connectivity index (χ4n) is 2.12. The number of carbonyl (C=O) groups excluding carboxylic acids is 1. The van der Waals surface area contributed by atoms with Gasteiger partial charge in [0.25, 0.3) is 0 Å². The molecular weight excluding hydrogens is 194 g/mol. The highest BCUT2D eigenvalue weighted by molar-refractivity contribution is 5.81. The van der Waals surface area contributed by atoms with Gasteiger partial charge in [-0.3, -0.25) is 4.79 Å². The quantitative estimate of drug-likeness (QED) is 0.721. The number of amides is 1. The zero-order chi connectivity index (χ0) is 10.9. The molecule has 15 heavy (non-hydrogen) atoms. The zero-order valence-corrected chi connectivity index (χ0v) is 9.16. The number of rotatable bonds is 3. The summed E-state index contributed by atoms with van der Waals surface area (Å²) >= 11 is 0. The zero-order valence-electron chi connectivity index (χ0n) is 9.16. The van der Waals surface area contributed by atoms with Crippen molar-refractivity contribution in [1.82, 2.24) is 5.32 Å². The van der Waals surface area contributed by atoms with Crippen molar-refractivity contribution in [1.29, 1.82) is 0 Å². The summed E-state index contributed by atoms with van der Waals surface area (Å²) in [5, 5.41) is 12.6. The highest BCUT2D eigenvalue weighted by atomic mass is 16.5. The van der Waals surface area contributed by atoms with Gasteiger partial charge in [0, 0.05) is 6.54 Å². The minimum atomic E-state index is -0.639. The third-order valence-electron chi connectivity index (χ3n) is 3.40. The maximum absolute atomic E-state index is 11.6. The van der Waals surface area contributed by atoms with Gasteiger partial charge >= 0.3 is 0 Å². The summed E-state index contributed by atoms with van der Waals surface area (Å²) in [5.74, 6) is -0.0697. The molecule has 0 aromatic heterocycles. The van der Waals surface area contributed by atoms with Crippen molar-refractivity contribution < 1.29 is 14.6 Å². The Labute approximate surface area is 90.0 Å². The fourth-order valence-corrected chi connectivity index (χ4v) is 2.12. The minimum Gasteiger partial charge on any atom is -0.388 e. The van der Waals surface area contributed by atoms with Crippen molar-refractivity contribution >= 4 is 5.91 Å². The number of ether oxygens (including phenoxy) is 1. The number of hydrogen-bond acceptors (Lipinski definition) is 3. The molecule has 4 heteroatoms. The van der Waals surface area contributed by atoms with Gasteiger partial charge in [-0.2, -0.15) is 0 Å². The molecule has 1 aliphatic heterocycles. The summed E-state index contributed by atoms with van der Waals surface area (Å²) in [6.07, 6.45) is 4.29. The van der Waals surface area contributed by atoms with E-state index in [0.29, 0.717) is 6.54 Å². The number of nitrogens with one attached hydrogen (secondary N) is 1. The molecule has 2 rings (SSSR count). The monoisotopic (exact) mass is 213 g/mol. The van der Waals surface area contributed by atoms with Crippen molar-refractivity contribution in [2.45, 2.75) is 56.8 Å². The van der Waals surface area contributed by atoms with E-state index in [1.54, 1.807) is 0 Å². The summed E-state index contributed by atoms with van der Waals surface area (Å²) in [6.45, 7) is 2.35. The van der Waals surface area contributed by atoms with Gasteiger partial charge in [0.15, 0.2) is 0 Å². The van der Waals surface area contributed by atoms with E-state index in [2.05, 4.69) is 5.32 Å². The molecular formula is C11H19NO3. The molecule has 0 aromatic rings. The molecule has 2 fully saturated rings. The van der Waals surface area contributed by atoms with Gasteiger partial charge in [0.1, 0.15) is 6.10 Å². The first-order valence-electron chi connectivity index (χ1n) is 5.75. The SMILES string of the molecule is CC1CCC(C(=O)NCC2(O)CCC2)O1. The Balaban J connectivity index is 1.72. The Hall–Kier alpha value is -0.610. The first kappa shape index (κ1) is 10.9. The number of carbonyl (C=O) groups is 1. The van der Waals surface area contributed by atoms with E-state index in [4.69, 9.17) is 4.74 Å². The van der Waals surface area contributed by atoms with E-state index in [-0.39, 0.29) is 18.1 Å². The lowest BCUT2D eigenvalue weighted by Crippen LogP contribution is -2.49. The summed E-state index contributed by atoms with van der Waals surface area (Å²) in [7, 11) is 0. The first-order chi connectivity index (χ1) is 7.09. The van der Waals surface area contributed by atoms with E-state index in [0.717, 1.165) is 32.1 Å². The maximum Gasteiger partial charge on any atom is 0.249 e. The Morgan fingerprint density at radius 3 is 2.73 bits per heavy atom. The van der Waals surface area contributed by atoms with E-state index in [9.17, 15) is 9.90 Å². The molecule has 86 valence electrons. The Morgan fingerprint density at radius 2 is 2.27 bits per heavy atom. The highest BCUT2D eigenvalue weighted by Gasteiger charge is 2.36. The Morgan fingerprint density at radius 1 is 1.53 bits per heavy atom. The van der Waals surface area contributed by atoms with Crippen LogP contribution in [0.25, 0.3) is 0 Å². The minimum absolute atomic E-state index is 0.0697. The van der Waals surface area contributed by atoms with E-state index < -0.39 is 5.60 Å². The topological polar surface area (TPSA) is 58.6 Å². The smallest absolute Gasteiger partial charge is 0.249 e. The van der Waals surface area contributed by atoms with Crippen LogP contribution in [-0.2, 0) is 9.53 Å². The van der Waals surface area contributed by atoms with Crippen LogP contribution in [0.15, 0.2) is 0 Å². The number of hydrogen-bond donors (Lipinski definition) is 2. The predicted octanol–water partition coefficient (Wildman–Crippen LogP) is 0.585. The standard InChI is InChI=1S/C11H19NO3/c1-8-3-4-9(15-8)10(13)12-7-11(14)5-2-6-11/h8-9,14H,2-7H2,1H3,(H,12,13). The summed E-state index contributed by atoms with van der Waals surface area (Å²) in [5.41, 5.74) is -0.639. The van der Waals surface area contributed by atoms with Crippen molar-refractivity contribution in [2.24, 2.45) is 0 Å². The van der Waals surface area contributed by atoms with E-state index in [1.165, 1.54) is 0 Å². The molecule has 0 radical (unpaired) electrons. The van der Waals surface area contributed by atoms with Crippen LogP contribution in [0.4, 0.5) is 0 Å². The highest BCUT2D eigenvalue weighted by Crippen LogP contribution is 2.30. The van der Waals surface area contributed by atoms with Gasteiger partial charge in [0.2, 0.25) is 5.91 Å².